The number of thiophene rings is 1. The molecule has 3 aliphatic rings. The molecule has 5 rings (SSSR count). The van der Waals surface area contributed by atoms with Gasteiger partial charge in [0.1, 0.15) is 5.69 Å². The van der Waals surface area contributed by atoms with Crippen molar-refractivity contribution in [1.82, 2.24) is 15.2 Å². The summed E-state index contributed by atoms with van der Waals surface area (Å²) in [6.07, 6.45) is 6.01. The average Bonchev–Trinajstić information content (AvgIpc) is 2.98. The number of hydrogen-bond donors (Lipinski definition) is 1. The number of carbonyl (C=O) groups excluding carboxylic acids is 1. The molecule has 22 heavy (non-hydrogen) atoms. The molecule has 0 aliphatic carbocycles. The second-order valence-corrected chi connectivity index (χ2v) is 7.29. The highest BCUT2D eigenvalue weighted by molar-refractivity contribution is 7.19. The van der Waals surface area contributed by atoms with Crippen molar-refractivity contribution in [3.8, 4) is 0 Å². The summed E-state index contributed by atoms with van der Waals surface area (Å²) in [7, 11) is 0. The number of nitrogens with one attached hydrogen (secondary N) is 1. The van der Waals surface area contributed by atoms with E-state index in [1.165, 1.54) is 25.9 Å². The van der Waals surface area contributed by atoms with Crippen molar-refractivity contribution >= 4 is 33.4 Å². The van der Waals surface area contributed by atoms with E-state index < -0.39 is 0 Å². The molecule has 0 radical (unpaired) electrons. The van der Waals surface area contributed by atoms with Gasteiger partial charge in [-0.2, -0.15) is 0 Å². The second-order valence-electron chi connectivity index (χ2n) is 6.18. The number of rotatable bonds is 3. The highest BCUT2D eigenvalue weighted by Gasteiger charge is 2.35. The van der Waals surface area contributed by atoms with E-state index in [2.05, 4.69) is 27.8 Å². The van der Waals surface area contributed by atoms with Gasteiger partial charge in [-0.15, -0.1) is 11.3 Å². The molecule has 3 saturated heterocycles. The smallest absolute Gasteiger partial charge is 0.270 e. The maximum Gasteiger partial charge on any atom is 0.270 e. The number of hydrogen-bond acceptors (Lipinski definition) is 4. The van der Waals surface area contributed by atoms with Crippen LogP contribution in [0.15, 0.2) is 24.9 Å². The topological polar surface area (TPSA) is 45.2 Å². The second kappa shape index (κ2) is 5.48. The Morgan fingerprint density at radius 3 is 2.91 bits per heavy atom. The van der Waals surface area contributed by atoms with Crippen LogP contribution in [-0.4, -0.2) is 41.5 Å². The first-order chi connectivity index (χ1) is 10.7. The van der Waals surface area contributed by atoms with Gasteiger partial charge in [-0.05, 0) is 44.0 Å². The van der Waals surface area contributed by atoms with Crippen LogP contribution >= 0.6 is 11.3 Å². The Morgan fingerprint density at radius 1 is 1.41 bits per heavy atom. The Kier molecular flexibility index (Phi) is 3.47. The first-order valence-electron chi connectivity index (χ1n) is 7.78. The van der Waals surface area contributed by atoms with E-state index in [4.69, 9.17) is 0 Å². The molecule has 0 aromatic carbocycles. The first kappa shape index (κ1) is 13.9. The molecule has 114 valence electrons. The molecule has 3 fully saturated rings. The third-order valence-electron chi connectivity index (χ3n) is 4.83. The van der Waals surface area contributed by atoms with Gasteiger partial charge >= 0.3 is 0 Å². The molecule has 2 aromatic rings. The summed E-state index contributed by atoms with van der Waals surface area (Å²) >= 11 is 1.64. The standard InChI is InChI=1S/C17H19N3OS/c1-2-13-7-12-9-18-14(8-16(12)22-13)17(21)19-15-10-20-5-3-11(15)4-6-20/h2,7-9,11,15H,1,3-6,10H2,(H,19,21)/t15-/m0/s1. The zero-order chi connectivity index (χ0) is 15.1. The van der Waals surface area contributed by atoms with Crippen molar-refractivity contribution < 1.29 is 4.79 Å². The van der Waals surface area contributed by atoms with Gasteiger partial charge in [-0.25, -0.2) is 0 Å². The van der Waals surface area contributed by atoms with Crippen LogP contribution in [0, 0.1) is 5.92 Å². The fraction of sp³-hybridized carbons (Fsp3) is 0.412. The maximum atomic E-state index is 12.5. The van der Waals surface area contributed by atoms with Crippen LogP contribution in [-0.2, 0) is 0 Å². The normalized spacial score (nSPS) is 27.0. The number of fused-ring (bicyclic) bond motifs is 4. The molecule has 2 bridgehead atoms. The van der Waals surface area contributed by atoms with Crippen molar-refractivity contribution in [2.24, 2.45) is 5.92 Å². The summed E-state index contributed by atoms with van der Waals surface area (Å²) in [4.78, 5) is 20.4. The van der Waals surface area contributed by atoms with Crippen LogP contribution in [0.25, 0.3) is 16.2 Å². The predicted molar refractivity (Wildman–Crippen MR) is 90.1 cm³/mol. The lowest BCUT2D eigenvalue weighted by atomic mass is 9.84. The minimum Gasteiger partial charge on any atom is -0.346 e. The summed E-state index contributed by atoms with van der Waals surface area (Å²) < 4.78 is 1.09. The van der Waals surface area contributed by atoms with E-state index >= 15 is 0 Å². The highest BCUT2D eigenvalue weighted by Crippen LogP contribution is 2.28. The zero-order valence-corrected chi connectivity index (χ0v) is 13.2. The number of piperidine rings is 3. The van der Waals surface area contributed by atoms with E-state index in [9.17, 15) is 4.79 Å². The van der Waals surface area contributed by atoms with Crippen LogP contribution in [0.5, 0.6) is 0 Å². The molecular weight excluding hydrogens is 294 g/mol. The summed E-state index contributed by atoms with van der Waals surface area (Å²) in [5.74, 6) is 0.584. The fourth-order valence-electron chi connectivity index (χ4n) is 3.55. The molecule has 1 N–H and O–H groups in total. The maximum absolute atomic E-state index is 12.5. The van der Waals surface area contributed by atoms with E-state index in [-0.39, 0.29) is 11.9 Å². The number of aromatic nitrogens is 1. The molecule has 0 spiro atoms. The molecule has 0 unspecified atom stereocenters. The molecule has 5 heterocycles. The minimum atomic E-state index is -0.0470. The van der Waals surface area contributed by atoms with Gasteiger partial charge in [0.2, 0.25) is 0 Å². The zero-order valence-electron chi connectivity index (χ0n) is 12.4. The van der Waals surface area contributed by atoms with Crippen molar-refractivity contribution in [2.45, 2.75) is 18.9 Å². The first-order valence-corrected chi connectivity index (χ1v) is 8.60. The Bertz CT molecular complexity index is 731. The monoisotopic (exact) mass is 313 g/mol. The lowest BCUT2D eigenvalue weighted by molar-refractivity contribution is 0.0618. The van der Waals surface area contributed by atoms with Gasteiger partial charge in [0.25, 0.3) is 5.91 Å². The number of carbonyl (C=O) groups is 1. The van der Waals surface area contributed by atoms with Crippen LogP contribution in [0.4, 0.5) is 0 Å². The Morgan fingerprint density at radius 2 is 2.23 bits per heavy atom. The Labute approximate surface area is 133 Å². The molecule has 1 atom stereocenters. The number of nitrogens with zero attached hydrogens (tertiary/aromatic N) is 2. The van der Waals surface area contributed by atoms with Gasteiger partial charge in [-0.3, -0.25) is 9.78 Å². The molecule has 0 saturated carbocycles. The van der Waals surface area contributed by atoms with Gasteiger partial charge in [0.05, 0.1) is 0 Å². The molecule has 2 aromatic heterocycles. The van der Waals surface area contributed by atoms with E-state index in [1.807, 2.05) is 12.1 Å². The molecule has 5 heteroatoms. The SMILES string of the molecule is C=Cc1cc2cnc(C(=O)N[C@H]3CN4CCC3CC4)cc2s1. The lowest BCUT2D eigenvalue weighted by Crippen LogP contribution is -2.57. The predicted octanol–water partition coefficient (Wildman–Crippen LogP) is 2.76. The fourth-order valence-corrected chi connectivity index (χ4v) is 4.47. The van der Waals surface area contributed by atoms with Gasteiger partial charge in [0.15, 0.2) is 0 Å². The van der Waals surface area contributed by atoms with E-state index in [1.54, 1.807) is 17.5 Å². The van der Waals surface area contributed by atoms with E-state index in [0.29, 0.717) is 11.6 Å². The van der Waals surface area contributed by atoms with Crippen LogP contribution in [0.1, 0.15) is 28.2 Å². The van der Waals surface area contributed by atoms with Crippen molar-refractivity contribution in [1.29, 1.82) is 0 Å². The van der Waals surface area contributed by atoms with Gasteiger partial charge in [-0.1, -0.05) is 12.7 Å². The van der Waals surface area contributed by atoms with Crippen molar-refractivity contribution in [3.05, 3.63) is 35.5 Å². The van der Waals surface area contributed by atoms with E-state index in [0.717, 1.165) is 21.5 Å². The molecule has 1 amide bonds. The highest BCUT2D eigenvalue weighted by atomic mass is 32.1. The molecule has 3 aliphatic heterocycles. The molecular formula is C17H19N3OS. The summed E-state index contributed by atoms with van der Waals surface area (Å²) in [5.41, 5.74) is 0.515. The Hall–Kier alpha value is -1.72. The average molecular weight is 313 g/mol. The van der Waals surface area contributed by atoms with Crippen molar-refractivity contribution in [3.63, 3.8) is 0 Å². The summed E-state index contributed by atoms with van der Waals surface area (Å²) in [5, 5.41) is 4.26. The van der Waals surface area contributed by atoms with Crippen molar-refractivity contribution in [2.75, 3.05) is 19.6 Å². The number of amides is 1. The lowest BCUT2D eigenvalue weighted by Gasteiger charge is -2.44. The van der Waals surface area contributed by atoms with Gasteiger partial charge in [0, 0.05) is 33.7 Å². The third kappa shape index (κ3) is 2.44. The van der Waals surface area contributed by atoms with Crippen LogP contribution < -0.4 is 5.32 Å². The summed E-state index contributed by atoms with van der Waals surface area (Å²) in [6, 6.07) is 4.22. The molecule has 4 nitrogen and oxygen atoms in total. The largest absolute Gasteiger partial charge is 0.346 e. The van der Waals surface area contributed by atoms with Crippen LogP contribution in [0.2, 0.25) is 0 Å². The number of pyridine rings is 1. The van der Waals surface area contributed by atoms with Gasteiger partial charge < -0.3 is 10.2 Å². The van der Waals surface area contributed by atoms with Crippen LogP contribution in [0.3, 0.4) is 0 Å². The third-order valence-corrected chi connectivity index (χ3v) is 5.92. The minimum absolute atomic E-state index is 0.0470. The Balaban J connectivity index is 1.53. The quantitative estimate of drug-likeness (QED) is 0.948. The summed E-state index contributed by atoms with van der Waals surface area (Å²) in [6.45, 7) is 7.14.